The van der Waals surface area contributed by atoms with Gasteiger partial charge in [0.1, 0.15) is 0 Å². The van der Waals surface area contributed by atoms with Gasteiger partial charge in [0.15, 0.2) is 0 Å². The van der Waals surface area contributed by atoms with Crippen LogP contribution in [0.4, 0.5) is 11.4 Å². The Balaban J connectivity index is 0.00000364. The van der Waals surface area contributed by atoms with Crippen LogP contribution in [0.15, 0.2) is 53.4 Å². The maximum atomic E-state index is 12.5. The quantitative estimate of drug-likeness (QED) is 0.490. The number of hydrogen-bond donors (Lipinski definition) is 2. The molecule has 138 valence electrons. The molecule has 0 spiro atoms. The number of amides is 1. The average Bonchev–Trinajstić information content (AvgIpc) is 2.54. The van der Waals surface area contributed by atoms with Gasteiger partial charge in [-0.3, -0.25) is 9.52 Å². The fraction of sp³-hybridized carbons (Fsp3) is 0.125. The minimum absolute atomic E-state index is 0. The first-order valence-electron chi connectivity index (χ1n) is 7.22. The molecule has 0 atom stereocenters. The van der Waals surface area contributed by atoms with Gasteiger partial charge in [0.05, 0.1) is 22.3 Å². The molecule has 2 aromatic rings. The summed E-state index contributed by atoms with van der Waals surface area (Å²) < 4.78 is 27.3. The molecule has 0 bridgehead atoms. The standard InChI is InChI=1S/C16H15ClN2O5S2.Na/c17-11-3-1-5-13(7-11)19-26(23,24)14-6-2-4-12(8-14)18-15(20)9-25-10-16(21)22;/h1-8,19H,9-10H2,(H,18,20)(H,21,22);/q;+1/p-1. The Kier molecular flexibility index (Phi) is 9.65. The van der Waals surface area contributed by atoms with Crippen LogP contribution < -0.4 is 44.7 Å². The van der Waals surface area contributed by atoms with Crippen molar-refractivity contribution in [3.05, 3.63) is 53.6 Å². The number of thioether (sulfide) groups is 1. The summed E-state index contributed by atoms with van der Waals surface area (Å²) in [5.74, 6) is -2.10. The van der Waals surface area contributed by atoms with Crippen molar-refractivity contribution in [1.29, 1.82) is 0 Å². The molecule has 27 heavy (non-hydrogen) atoms. The molecule has 0 fully saturated rings. The molecule has 0 aliphatic heterocycles. The Morgan fingerprint density at radius 1 is 1.04 bits per heavy atom. The third-order valence-electron chi connectivity index (χ3n) is 2.96. The SMILES string of the molecule is O=C([O-])CSCC(=O)Nc1cccc(S(=O)(=O)Nc2cccc(Cl)c2)c1.[Na+]. The van der Waals surface area contributed by atoms with E-state index in [1.807, 2.05) is 0 Å². The van der Waals surface area contributed by atoms with Gasteiger partial charge in [-0.05, 0) is 36.4 Å². The predicted octanol–water partition coefficient (Wildman–Crippen LogP) is -1.43. The van der Waals surface area contributed by atoms with Gasteiger partial charge in [-0.1, -0.05) is 23.7 Å². The van der Waals surface area contributed by atoms with Crippen LogP contribution in [0.3, 0.4) is 0 Å². The first kappa shape index (κ1) is 23.8. The number of carboxylic acid groups (broad SMARTS) is 1. The fourth-order valence-electron chi connectivity index (χ4n) is 1.93. The minimum Gasteiger partial charge on any atom is -0.549 e. The smallest absolute Gasteiger partial charge is 0.549 e. The second-order valence-electron chi connectivity index (χ2n) is 5.06. The van der Waals surface area contributed by atoms with Crippen LogP contribution in [-0.4, -0.2) is 31.8 Å². The predicted molar refractivity (Wildman–Crippen MR) is 99.7 cm³/mol. The van der Waals surface area contributed by atoms with Gasteiger partial charge in [0.25, 0.3) is 10.0 Å². The Morgan fingerprint density at radius 3 is 2.37 bits per heavy atom. The van der Waals surface area contributed by atoms with Gasteiger partial charge >= 0.3 is 29.6 Å². The number of nitrogens with one attached hydrogen (secondary N) is 2. The van der Waals surface area contributed by atoms with E-state index in [0.717, 1.165) is 11.8 Å². The van der Waals surface area contributed by atoms with Crippen molar-refractivity contribution < 1.29 is 52.7 Å². The van der Waals surface area contributed by atoms with E-state index >= 15 is 0 Å². The summed E-state index contributed by atoms with van der Waals surface area (Å²) in [6.45, 7) is 0. The molecule has 0 heterocycles. The molecule has 0 aromatic heterocycles. The molecular weight excluding hydrogens is 423 g/mol. The van der Waals surface area contributed by atoms with Crippen LogP contribution in [0.2, 0.25) is 5.02 Å². The number of halogens is 1. The Hall–Kier alpha value is -1.23. The van der Waals surface area contributed by atoms with Crippen molar-refractivity contribution in [3.63, 3.8) is 0 Å². The van der Waals surface area contributed by atoms with Gasteiger partial charge < -0.3 is 15.2 Å². The Bertz CT molecular complexity index is 925. The van der Waals surface area contributed by atoms with E-state index < -0.39 is 21.9 Å². The summed E-state index contributed by atoms with van der Waals surface area (Å²) in [5, 5.41) is 13.2. The minimum atomic E-state index is -3.87. The summed E-state index contributed by atoms with van der Waals surface area (Å²) in [7, 11) is -3.87. The van der Waals surface area contributed by atoms with E-state index in [0.29, 0.717) is 10.7 Å². The number of carbonyl (C=O) groups is 2. The van der Waals surface area contributed by atoms with Crippen LogP contribution in [0, 0.1) is 0 Å². The third-order valence-corrected chi connectivity index (χ3v) is 5.48. The number of aliphatic carboxylic acids is 1. The zero-order valence-electron chi connectivity index (χ0n) is 14.3. The van der Waals surface area contributed by atoms with Gasteiger partial charge in [-0.2, -0.15) is 0 Å². The van der Waals surface area contributed by atoms with Crippen LogP contribution in [0.1, 0.15) is 0 Å². The van der Waals surface area contributed by atoms with Gasteiger partial charge in [0.2, 0.25) is 5.91 Å². The maximum absolute atomic E-state index is 12.5. The van der Waals surface area contributed by atoms with Crippen LogP contribution >= 0.6 is 23.4 Å². The number of rotatable bonds is 8. The Morgan fingerprint density at radius 2 is 1.70 bits per heavy atom. The molecule has 2 N–H and O–H groups in total. The van der Waals surface area contributed by atoms with E-state index in [4.69, 9.17) is 11.6 Å². The molecule has 0 radical (unpaired) electrons. The molecular formula is C16H14ClN2NaO5S2. The van der Waals surface area contributed by atoms with Crippen molar-refractivity contribution in [2.75, 3.05) is 21.5 Å². The molecule has 0 aliphatic carbocycles. The summed E-state index contributed by atoms with van der Waals surface area (Å²) >= 11 is 6.72. The molecule has 7 nitrogen and oxygen atoms in total. The molecule has 0 saturated heterocycles. The molecule has 2 aromatic carbocycles. The van der Waals surface area contributed by atoms with E-state index in [2.05, 4.69) is 10.0 Å². The maximum Gasteiger partial charge on any atom is 1.00 e. The summed E-state index contributed by atoms with van der Waals surface area (Å²) in [4.78, 5) is 22.0. The van der Waals surface area contributed by atoms with E-state index in [1.165, 1.54) is 30.3 Å². The van der Waals surface area contributed by atoms with Crippen LogP contribution in [0.5, 0.6) is 0 Å². The van der Waals surface area contributed by atoms with Gasteiger partial charge in [0, 0.05) is 16.5 Å². The second kappa shape index (κ2) is 10.9. The van der Waals surface area contributed by atoms with Crippen molar-refractivity contribution in [3.8, 4) is 0 Å². The molecule has 0 saturated carbocycles. The second-order valence-corrected chi connectivity index (χ2v) is 8.16. The summed E-state index contributed by atoms with van der Waals surface area (Å²) in [6, 6.07) is 12.0. The van der Waals surface area contributed by atoms with Crippen molar-refractivity contribution in [1.82, 2.24) is 0 Å². The average molecular weight is 437 g/mol. The van der Waals surface area contributed by atoms with Crippen molar-refractivity contribution >= 4 is 56.6 Å². The molecule has 11 heteroatoms. The van der Waals surface area contributed by atoms with Crippen molar-refractivity contribution in [2.45, 2.75) is 4.90 Å². The van der Waals surface area contributed by atoms with Crippen molar-refractivity contribution in [2.24, 2.45) is 0 Å². The fourth-order valence-corrected chi connectivity index (χ4v) is 3.74. The third kappa shape index (κ3) is 8.12. The monoisotopic (exact) mass is 436 g/mol. The summed E-state index contributed by atoms with van der Waals surface area (Å²) in [6.07, 6.45) is 0. The molecule has 0 unspecified atom stereocenters. The zero-order chi connectivity index (χ0) is 19.2. The topological polar surface area (TPSA) is 115 Å². The molecule has 2 rings (SSSR count). The Labute approximate surface area is 188 Å². The van der Waals surface area contributed by atoms with Crippen LogP contribution in [0.25, 0.3) is 0 Å². The largest absolute Gasteiger partial charge is 1.00 e. The van der Waals surface area contributed by atoms with E-state index in [-0.39, 0.29) is 51.6 Å². The number of benzene rings is 2. The van der Waals surface area contributed by atoms with Crippen LogP contribution in [-0.2, 0) is 19.6 Å². The number of carboxylic acids is 1. The zero-order valence-corrected chi connectivity index (χ0v) is 18.7. The normalized spacial score (nSPS) is 10.6. The molecule has 0 aliphatic rings. The first-order chi connectivity index (χ1) is 12.3. The van der Waals surface area contributed by atoms with E-state index in [9.17, 15) is 23.1 Å². The number of sulfonamides is 1. The number of carbonyl (C=O) groups excluding carboxylic acids is 2. The first-order valence-corrected chi connectivity index (χ1v) is 10.2. The summed E-state index contributed by atoms with van der Waals surface area (Å²) in [5.41, 5.74) is 0.587. The number of hydrogen-bond acceptors (Lipinski definition) is 6. The van der Waals surface area contributed by atoms with E-state index in [1.54, 1.807) is 18.2 Å². The van der Waals surface area contributed by atoms with Gasteiger partial charge in [-0.25, -0.2) is 8.42 Å². The molecule has 1 amide bonds. The van der Waals surface area contributed by atoms with Gasteiger partial charge in [-0.15, -0.1) is 11.8 Å². The number of anilines is 2.